The Bertz CT molecular complexity index is 382. The molecule has 2 fully saturated rings. The lowest BCUT2D eigenvalue weighted by Gasteiger charge is -2.06. The van der Waals surface area contributed by atoms with Crippen LogP contribution in [0.1, 0.15) is 43.5 Å². The molecule has 2 aliphatic carbocycles. The molecule has 0 amide bonds. The summed E-state index contributed by atoms with van der Waals surface area (Å²) >= 11 is 1.50. The van der Waals surface area contributed by atoms with Gasteiger partial charge >= 0.3 is 0 Å². The molecule has 5 heteroatoms. The van der Waals surface area contributed by atoms with Crippen LogP contribution in [0.15, 0.2) is 5.16 Å². The van der Waals surface area contributed by atoms with Gasteiger partial charge < -0.3 is 9.36 Å². The van der Waals surface area contributed by atoms with Gasteiger partial charge in [-0.25, -0.2) is 0 Å². The van der Waals surface area contributed by atoms with Crippen molar-refractivity contribution in [2.75, 3.05) is 5.75 Å². The maximum atomic E-state index is 10.3. The summed E-state index contributed by atoms with van der Waals surface area (Å²) in [7, 11) is 0. The van der Waals surface area contributed by atoms with E-state index >= 15 is 0 Å². The second kappa shape index (κ2) is 3.63. The quantitative estimate of drug-likeness (QED) is 0.564. The predicted octanol–water partition coefficient (Wildman–Crippen LogP) is 1.78. The molecule has 0 radical (unpaired) electrons. The second-order valence-electron chi connectivity index (χ2n) is 4.19. The molecule has 2 aliphatic rings. The van der Waals surface area contributed by atoms with E-state index in [1.165, 1.54) is 37.4 Å². The lowest BCUT2D eigenvalue weighted by atomic mass is 10.4. The Balaban J connectivity index is 1.87. The Morgan fingerprint density at radius 3 is 2.73 bits per heavy atom. The zero-order valence-corrected chi connectivity index (χ0v) is 9.24. The maximum absolute atomic E-state index is 10.3. The fraction of sp³-hybridized carbons (Fsp3) is 0.700. The molecule has 0 aliphatic heterocycles. The third-order valence-corrected chi connectivity index (χ3v) is 3.67. The van der Waals surface area contributed by atoms with Crippen molar-refractivity contribution in [1.29, 1.82) is 0 Å². The fourth-order valence-corrected chi connectivity index (χ4v) is 2.49. The van der Waals surface area contributed by atoms with E-state index in [-0.39, 0.29) is 0 Å². The summed E-state index contributed by atoms with van der Waals surface area (Å²) in [5.74, 6) is 2.28. The molecule has 1 aromatic rings. The highest BCUT2D eigenvalue weighted by molar-refractivity contribution is 7.99. The van der Waals surface area contributed by atoms with Gasteiger partial charge in [0.15, 0.2) is 5.16 Å². The molecule has 1 aromatic heterocycles. The molecule has 1 heterocycles. The summed E-state index contributed by atoms with van der Waals surface area (Å²) < 4.78 is 2.27. The van der Waals surface area contributed by atoms with Crippen molar-refractivity contribution >= 4 is 18.0 Å². The molecular formula is C10H13N3OS. The molecule has 80 valence electrons. The molecule has 0 bridgehead atoms. The zero-order chi connectivity index (χ0) is 10.3. The van der Waals surface area contributed by atoms with Crippen molar-refractivity contribution in [3.05, 3.63) is 5.82 Å². The summed E-state index contributed by atoms with van der Waals surface area (Å²) in [6, 6.07) is 0.616. The van der Waals surface area contributed by atoms with Crippen molar-refractivity contribution in [1.82, 2.24) is 14.8 Å². The Labute approximate surface area is 92.5 Å². The average molecular weight is 223 g/mol. The van der Waals surface area contributed by atoms with Crippen molar-refractivity contribution in [2.45, 2.75) is 42.8 Å². The normalized spacial score (nSPS) is 20.5. The Morgan fingerprint density at radius 1 is 1.33 bits per heavy atom. The SMILES string of the molecule is O=CCSc1nnc(C2CC2)n1C1CC1. The number of aromatic nitrogens is 3. The molecule has 4 nitrogen and oxygen atoms in total. The van der Waals surface area contributed by atoms with Crippen LogP contribution in [0.5, 0.6) is 0 Å². The maximum Gasteiger partial charge on any atom is 0.191 e. The third-order valence-electron chi connectivity index (χ3n) is 2.83. The first-order valence-electron chi connectivity index (χ1n) is 5.41. The molecule has 0 atom stereocenters. The van der Waals surface area contributed by atoms with Crippen molar-refractivity contribution in [3.63, 3.8) is 0 Å². The second-order valence-corrected chi connectivity index (χ2v) is 5.18. The van der Waals surface area contributed by atoms with E-state index < -0.39 is 0 Å². The lowest BCUT2D eigenvalue weighted by molar-refractivity contribution is -0.105. The van der Waals surface area contributed by atoms with E-state index in [0.717, 1.165) is 17.3 Å². The van der Waals surface area contributed by atoms with E-state index in [1.807, 2.05) is 0 Å². The minimum Gasteiger partial charge on any atom is -0.303 e. The average Bonchev–Trinajstić information content (AvgIpc) is 3.13. The largest absolute Gasteiger partial charge is 0.303 e. The van der Waals surface area contributed by atoms with Gasteiger partial charge in [0.05, 0.1) is 5.75 Å². The van der Waals surface area contributed by atoms with Crippen molar-refractivity contribution in [3.8, 4) is 0 Å². The highest BCUT2D eigenvalue weighted by Gasteiger charge is 2.36. The standard InChI is InChI=1S/C10H13N3OS/c14-5-6-15-10-12-11-9(7-1-2-7)13(10)8-3-4-8/h5,7-8H,1-4,6H2. The van der Waals surface area contributed by atoms with E-state index in [9.17, 15) is 4.79 Å². The van der Waals surface area contributed by atoms with Crippen LogP contribution < -0.4 is 0 Å². The number of rotatable bonds is 5. The minimum atomic E-state index is 0.482. The number of nitrogens with zero attached hydrogens (tertiary/aromatic N) is 3. The lowest BCUT2D eigenvalue weighted by Crippen LogP contribution is -2.02. The van der Waals surface area contributed by atoms with Crippen LogP contribution in [-0.2, 0) is 4.79 Å². The van der Waals surface area contributed by atoms with Gasteiger partial charge in [0.1, 0.15) is 12.1 Å². The van der Waals surface area contributed by atoms with E-state index in [1.54, 1.807) is 0 Å². The van der Waals surface area contributed by atoms with Crippen LogP contribution in [-0.4, -0.2) is 26.8 Å². The van der Waals surface area contributed by atoms with Gasteiger partial charge in [-0.05, 0) is 25.7 Å². The van der Waals surface area contributed by atoms with Gasteiger partial charge in [0, 0.05) is 12.0 Å². The Morgan fingerprint density at radius 2 is 2.13 bits per heavy atom. The minimum absolute atomic E-state index is 0.482. The third kappa shape index (κ3) is 1.80. The Hall–Kier alpha value is -0.840. The van der Waals surface area contributed by atoms with E-state index in [4.69, 9.17) is 0 Å². The van der Waals surface area contributed by atoms with Gasteiger partial charge in [0.2, 0.25) is 0 Å². The van der Waals surface area contributed by atoms with Crippen LogP contribution in [0.25, 0.3) is 0 Å². The summed E-state index contributed by atoms with van der Waals surface area (Å²) in [5, 5.41) is 9.40. The highest BCUT2D eigenvalue weighted by Crippen LogP contribution is 2.45. The molecule has 3 rings (SSSR count). The molecule has 0 spiro atoms. The molecule has 0 N–H and O–H groups in total. The number of thioether (sulfide) groups is 1. The first-order chi connectivity index (χ1) is 7.40. The molecule has 2 saturated carbocycles. The van der Waals surface area contributed by atoms with Crippen LogP contribution >= 0.6 is 11.8 Å². The summed E-state index contributed by atoms with van der Waals surface area (Å²) in [6.07, 6.45) is 5.92. The van der Waals surface area contributed by atoms with Gasteiger partial charge in [-0.2, -0.15) is 0 Å². The smallest absolute Gasteiger partial charge is 0.191 e. The molecule has 0 aromatic carbocycles. The van der Waals surface area contributed by atoms with Crippen LogP contribution in [0.3, 0.4) is 0 Å². The highest BCUT2D eigenvalue weighted by atomic mass is 32.2. The van der Waals surface area contributed by atoms with Crippen molar-refractivity contribution in [2.24, 2.45) is 0 Å². The predicted molar refractivity (Wildman–Crippen MR) is 57.1 cm³/mol. The number of aldehydes is 1. The summed E-state index contributed by atoms with van der Waals surface area (Å²) in [4.78, 5) is 10.3. The zero-order valence-electron chi connectivity index (χ0n) is 8.43. The number of hydrogen-bond acceptors (Lipinski definition) is 4. The van der Waals surface area contributed by atoms with Crippen LogP contribution in [0.2, 0.25) is 0 Å². The fourth-order valence-electron chi connectivity index (χ4n) is 1.79. The topological polar surface area (TPSA) is 47.8 Å². The van der Waals surface area contributed by atoms with Crippen LogP contribution in [0, 0.1) is 0 Å². The molecular weight excluding hydrogens is 210 g/mol. The van der Waals surface area contributed by atoms with E-state index in [2.05, 4.69) is 14.8 Å². The number of carbonyl (C=O) groups excluding carboxylic acids is 1. The monoisotopic (exact) mass is 223 g/mol. The molecule has 0 unspecified atom stereocenters. The molecule has 0 saturated heterocycles. The molecule has 15 heavy (non-hydrogen) atoms. The van der Waals surface area contributed by atoms with Crippen molar-refractivity contribution < 1.29 is 4.79 Å². The summed E-state index contributed by atoms with van der Waals surface area (Å²) in [5.41, 5.74) is 0. The van der Waals surface area contributed by atoms with Gasteiger partial charge in [-0.15, -0.1) is 10.2 Å². The number of hydrogen-bond donors (Lipinski definition) is 0. The van der Waals surface area contributed by atoms with Gasteiger partial charge in [0.25, 0.3) is 0 Å². The first-order valence-corrected chi connectivity index (χ1v) is 6.40. The first kappa shape index (κ1) is 9.39. The Kier molecular flexibility index (Phi) is 2.27. The summed E-state index contributed by atoms with van der Waals surface area (Å²) in [6.45, 7) is 0. The number of carbonyl (C=O) groups is 1. The van der Waals surface area contributed by atoms with E-state index in [0.29, 0.717) is 17.7 Å². The van der Waals surface area contributed by atoms with Crippen LogP contribution in [0.4, 0.5) is 0 Å². The van der Waals surface area contributed by atoms with Gasteiger partial charge in [-0.1, -0.05) is 11.8 Å². The van der Waals surface area contributed by atoms with Gasteiger partial charge in [-0.3, -0.25) is 0 Å².